The first-order valence-electron chi connectivity index (χ1n) is 7.06. The zero-order valence-electron chi connectivity index (χ0n) is 12.3. The molecule has 0 fully saturated rings. The minimum absolute atomic E-state index is 0.622. The van der Waals surface area contributed by atoms with Crippen LogP contribution in [0.3, 0.4) is 0 Å². The largest absolute Gasteiger partial charge is 0.361 e. The van der Waals surface area contributed by atoms with Crippen LogP contribution in [0.5, 0.6) is 0 Å². The van der Waals surface area contributed by atoms with Gasteiger partial charge in [-0.2, -0.15) is 0 Å². The normalized spacial score (nSPS) is 11.7. The van der Waals surface area contributed by atoms with Gasteiger partial charge in [0, 0.05) is 17.6 Å². The van der Waals surface area contributed by atoms with Crippen LogP contribution < -0.4 is 5.32 Å². The maximum atomic E-state index is 5.97. The summed E-state index contributed by atoms with van der Waals surface area (Å²) in [4.78, 5) is 6.92. The van der Waals surface area contributed by atoms with Crippen molar-refractivity contribution in [1.82, 2.24) is 9.88 Å². The van der Waals surface area contributed by atoms with Crippen molar-refractivity contribution in [3.63, 3.8) is 0 Å². The second kappa shape index (κ2) is 7.25. The van der Waals surface area contributed by atoms with Crippen LogP contribution in [0.1, 0.15) is 26.7 Å². The van der Waals surface area contributed by atoms with Gasteiger partial charge >= 0.3 is 0 Å². The van der Waals surface area contributed by atoms with E-state index < -0.39 is 0 Å². The molecule has 0 amide bonds. The lowest BCUT2D eigenvalue weighted by molar-refractivity contribution is 0.269. The van der Waals surface area contributed by atoms with Crippen LogP contribution in [-0.4, -0.2) is 36.1 Å². The molecule has 20 heavy (non-hydrogen) atoms. The summed E-state index contributed by atoms with van der Waals surface area (Å²) in [6.07, 6.45) is 2.37. The molecule has 2 rings (SSSR count). The zero-order valence-corrected chi connectivity index (χ0v) is 13.9. The third-order valence-electron chi connectivity index (χ3n) is 3.44. The summed E-state index contributed by atoms with van der Waals surface area (Å²) in [7, 11) is 2.18. The van der Waals surface area contributed by atoms with Crippen molar-refractivity contribution in [3.8, 4) is 0 Å². The van der Waals surface area contributed by atoms with Crippen molar-refractivity contribution in [2.45, 2.75) is 32.7 Å². The SMILES string of the molecule is CC(C)N(C)CCCCNc1nc2cc(Cl)ccc2s1. The smallest absolute Gasteiger partial charge is 0.183 e. The average molecular weight is 312 g/mol. The number of nitrogens with one attached hydrogen (secondary N) is 1. The monoisotopic (exact) mass is 311 g/mol. The Hall–Kier alpha value is -0.840. The number of hydrogen-bond acceptors (Lipinski definition) is 4. The fourth-order valence-corrected chi connectivity index (χ4v) is 2.95. The Morgan fingerprint density at radius 3 is 2.90 bits per heavy atom. The zero-order chi connectivity index (χ0) is 14.5. The van der Waals surface area contributed by atoms with Gasteiger partial charge in [0.25, 0.3) is 0 Å². The highest BCUT2D eigenvalue weighted by atomic mass is 35.5. The van der Waals surface area contributed by atoms with Gasteiger partial charge in [-0.1, -0.05) is 22.9 Å². The Morgan fingerprint density at radius 2 is 2.15 bits per heavy atom. The van der Waals surface area contributed by atoms with E-state index in [0.717, 1.165) is 35.2 Å². The van der Waals surface area contributed by atoms with Gasteiger partial charge in [-0.15, -0.1) is 0 Å². The number of aromatic nitrogens is 1. The second-order valence-electron chi connectivity index (χ2n) is 5.34. The molecule has 0 spiro atoms. The highest BCUT2D eigenvalue weighted by molar-refractivity contribution is 7.22. The molecule has 0 bridgehead atoms. The van der Waals surface area contributed by atoms with Crippen LogP contribution in [0.25, 0.3) is 10.2 Å². The molecule has 0 saturated heterocycles. The molecule has 3 nitrogen and oxygen atoms in total. The molecule has 1 N–H and O–H groups in total. The number of anilines is 1. The number of rotatable bonds is 7. The number of thiazole rings is 1. The number of unbranched alkanes of at least 4 members (excludes halogenated alkanes) is 1. The molecule has 110 valence electrons. The van der Waals surface area contributed by atoms with Crippen LogP contribution in [0.2, 0.25) is 5.02 Å². The molecule has 1 aromatic heterocycles. The number of fused-ring (bicyclic) bond motifs is 1. The molecule has 0 aliphatic heterocycles. The van der Waals surface area contributed by atoms with E-state index in [-0.39, 0.29) is 0 Å². The van der Waals surface area contributed by atoms with E-state index in [1.54, 1.807) is 11.3 Å². The van der Waals surface area contributed by atoms with Gasteiger partial charge in [0.2, 0.25) is 0 Å². The fourth-order valence-electron chi connectivity index (χ4n) is 1.92. The van der Waals surface area contributed by atoms with E-state index in [1.165, 1.54) is 11.1 Å². The number of benzene rings is 1. The molecule has 5 heteroatoms. The van der Waals surface area contributed by atoms with E-state index >= 15 is 0 Å². The summed E-state index contributed by atoms with van der Waals surface area (Å²) >= 11 is 7.65. The summed E-state index contributed by atoms with van der Waals surface area (Å²) in [6.45, 7) is 6.57. The molecule has 1 heterocycles. The number of halogens is 1. The quantitative estimate of drug-likeness (QED) is 0.764. The standard InChI is InChI=1S/C15H22ClN3S/c1-11(2)19(3)9-5-4-8-17-15-18-13-10-12(16)6-7-14(13)20-15/h6-7,10-11H,4-5,8-9H2,1-3H3,(H,17,18). The molecular formula is C15H22ClN3S. The minimum atomic E-state index is 0.622. The van der Waals surface area contributed by atoms with E-state index in [2.05, 4.69) is 36.1 Å². The number of nitrogens with zero attached hydrogens (tertiary/aromatic N) is 2. The lowest BCUT2D eigenvalue weighted by Gasteiger charge is -2.20. The summed E-state index contributed by atoms with van der Waals surface area (Å²) in [5, 5.41) is 5.13. The molecule has 1 aromatic carbocycles. The average Bonchev–Trinajstić information content (AvgIpc) is 2.79. The fraction of sp³-hybridized carbons (Fsp3) is 0.533. The van der Waals surface area contributed by atoms with Crippen molar-refractivity contribution in [3.05, 3.63) is 23.2 Å². The molecule has 0 aliphatic carbocycles. The van der Waals surface area contributed by atoms with Crippen LogP contribution in [-0.2, 0) is 0 Å². The van der Waals surface area contributed by atoms with Gasteiger partial charge in [0.05, 0.1) is 10.2 Å². The van der Waals surface area contributed by atoms with Gasteiger partial charge in [0.15, 0.2) is 5.13 Å². The van der Waals surface area contributed by atoms with Crippen molar-refractivity contribution in [1.29, 1.82) is 0 Å². The third-order valence-corrected chi connectivity index (χ3v) is 4.67. The second-order valence-corrected chi connectivity index (χ2v) is 6.81. The highest BCUT2D eigenvalue weighted by Crippen LogP contribution is 2.27. The molecule has 0 unspecified atom stereocenters. The predicted octanol–water partition coefficient (Wildman–Crippen LogP) is 4.48. The first-order chi connectivity index (χ1) is 9.56. The summed E-state index contributed by atoms with van der Waals surface area (Å²) in [6, 6.07) is 6.47. The summed E-state index contributed by atoms with van der Waals surface area (Å²) in [5.41, 5.74) is 0.976. The summed E-state index contributed by atoms with van der Waals surface area (Å²) in [5.74, 6) is 0. The Labute approximate surface area is 130 Å². The highest BCUT2D eigenvalue weighted by Gasteiger charge is 2.04. The van der Waals surface area contributed by atoms with Crippen molar-refractivity contribution in [2.24, 2.45) is 0 Å². The molecule has 0 radical (unpaired) electrons. The Morgan fingerprint density at radius 1 is 1.35 bits per heavy atom. The Kier molecular flexibility index (Phi) is 5.64. The van der Waals surface area contributed by atoms with E-state index in [0.29, 0.717) is 6.04 Å². The van der Waals surface area contributed by atoms with E-state index in [4.69, 9.17) is 11.6 Å². The first-order valence-corrected chi connectivity index (χ1v) is 8.26. The van der Waals surface area contributed by atoms with Gasteiger partial charge < -0.3 is 10.2 Å². The number of hydrogen-bond donors (Lipinski definition) is 1. The Bertz CT molecular complexity index is 553. The maximum Gasteiger partial charge on any atom is 0.183 e. The minimum Gasteiger partial charge on any atom is -0.361 e. The van der Waals surface area contributed by atoms with E-state index in [1.807, 2.05) is 18.2 Å². The molecule has 0 saturated carbocycles. The predicted molar refractivity (Wildman–Crippen MR) is 90.1 cm³/mol. The van der Waals surface area contributed by atoms with Gasteiger partial charge in [-0.3, -0.25) is 0 Å². The third kappa shape index (κ3) is 4.33. The molecular weight excluding hydrogens is 290 g/mol. The van der Waals surface area contributed by atoms with Crippen LogP contribution in [0.4, 0.5) is 5.13 Å². The first kappa shape index (κ1) is 15.5. The van der Waals surface area contributed by atoms with Crippen molar-refractivity contribution in [2.75, 3.05) is 25.5 Å². The summed E-state index contributed by atoms with van der Waals surface area (Å²) < 4.78 is 1.18. The lowest BCUT2D eigenvalue weighted by Crippen LogP contribution is -2.27. The van der Waals surface area contributed by atoms with Crippen molar-refractivity contribution >= 4 is 38.3 Å². The van der Waals surface area contributed by atoms with Gasteiger partial charge in [-0.05, 0) is 58.5 Å². The Balaban J connectivity index is 1.76. The van der Waals surface area contributed by atoms with Gasteiger partial charge in [-0.25, -0.2) is 4.98 Å². The topological polar surface area (TPSA) is 28.2 Å². The molecule has 0 aliphatic rings. The lowest BCUT2D eigenvalue weighted by atomic mass is 10.2. The molecule has 2 aromatic rings. The maximum absolute atomic E-state index is 5.97. The molecule has 0 atom stereocenters. The van der Waals surface area contributed by atoms with Crippen molar-refractivity contribution < 1.29 is 0 Å². The van der Waals surface area contributed by atoms with Crippen LogP contribution in [0, 0.1) is 0 Å². The van der Waals surface area contributed by atoms with Gasteiger partial charge in [0.1, 0.15) is 0 Å². The van der Waals surface area contributed by atoms with E-state index in [9.17, 15) is 0 Å². The van der Waals surface area contributed by atoms with Crippen LogP contribution >= 0.6 is 22.9 Å². The van der Waals surface area contributed by atoms with Crippen LogP contribution in [0.15, 0.2) is 18.2 Å².